The fraction of sp³-hybridized carbons (Fsp3) is 0.273. The normalized spacial score (nSPS) is 11.6. The van der Waals surface area contributed by atoms with Crippen LogP contribution in [0.5, 0.6) is 5.75 Å². The predicted octanol–water partition coefficient (Wildman–Crippen LogP) is 0.655. The van der Waals surface area contributed by atoms with Crippen LogP contribution in [0.15, 0.2) is 30.3 Å². The predicted molar refractivity (Wildman–Crippen MR) is 57.2 cm³/mol. The summed E-state index contributed by atoms with van der Waals surface area (Å²) in [7, 11) is 0. The largest absolute Gasteiger partial charge is 0.481 e. The maximum atomic E-state index is 11.4. The number of hydrogen-bond acceptors (Lipinski definition) is 3. The van der Waals surface area contributed by atoms with Gasteiger partial charge >= 0.3 is 5.97 Å². The molecule has 0 aromatic heterocycles. The monoisotopic (exact) mass is 223 g/mol. The van der Waals surface area contributed by atoms with Crippen LogP contribution in [-0.2, 0) is 9.59 Å². The van der Waals surface area contributed by atoms with E-state index >= 15 is 0 Å². The molecule has 1 rings (SSSR count). The van der Waals surface area contributed by atoms with Crippen LogP contribution >= 0.6 is 0 Å². The average molecular weight is 223 g/mol. The van der Waals surface area contributed by atoms with Crippen LogP contribution in [0.1, 0.15) is 6.92 Å². The van der Waals surface area contributed by atoms with E-state index in [1.165, 1.54) is 0 Å². The molecule has 0 bridgehead atoms. The maximum absolute atomic E-state index is 11.4. The van der Waals surface area contributed by atoms with E-state index in [0.29, 0.717) is 5.75 Å². The fourth-order valence-electron chi connectivity index (χ4n) is 1.06. The van der Waals surface area contributed by atoms with Gasteiger partial charge in [-0.05, 0) is 19.1 Å². The quantitative estimate of drug-likeness (QED) is 0.768. The molecular formula is C11H13NO4. The van der Waals surface area contributed by atoms with Crippen molar-refractivity contribution < 1.29 is 19.4 Å². The minimum Gasteiger partial charge on any atom is -0.481 e. The van der Waals surface area contributed by atoms with E-state index in [9.17, 15) is 9.59 Å². The van der Waals surface area contributed by atoms with Gasteiger partial charge in [-0.25, -0.2) is 0 Å². The van der Waals surface area contributed by atoms with Crippen LogP contribution in [-0.4, -0.2) is 29.6 Å². The highest BCUT2D eigenvalue weighted by Crippen LogP contribution is 2.10. The van der Waals surface area contributed by atoms with E-state index in [4.69, 9.17) is 9.84 Å². The highest BCUT2D eigenvalue weighted by Gasteiger charge is 2.14. The molecule has 0 saturated heterocycles. The Hall–Kier alpha value is -2.04. The lowest BCUT2D eigenvalue weighted by Gasteiger charge is -2.13. The Kier molecular flexibility index (Phi) is 4.32. The summed E-state index contributed by atoms with van der Waals surface area (Å²) >= 11 is 0. The van der Waals surface area contributed by atoms with Gasteiger partial charge in [0.1, 0.15) is 12.3 Å². The van der Waals surface area contributed by atoms with E-state index in [0.717, 1.165) is 0 Å². The molecule has 0 saturated carbocycles. The van der Waals surface area contributed by atoms with Gasteiger partial charge in [0.05, 0.1) is 0 Å². The van der Waals surface area contributed by atoms with Crippen molar-refractivity contribution in [1.82, 2.24) is 5.32 Å². The molecule has 5 heteroatoms. The van der Waals surface area contributed by atoms with Crippen LogP contribution in [0.25, 0.3) is 0 Å². The molecule has 1 unspecified atom stereocenters. The number of benzene rings is 1. The lowest BCUT2D eigenvalue weighted by Crippen LogP contribution is -2.38. The zero-order chi connectivity index (χ0) is 12.0. The standard InChI is InChI=1S/C11H13NO4/c1-8(11(15)12-7-10(13)14)16-9-5-3-2-4-6-9/h2-6,8H,7H2,1H3,(H,12,15)(H,13,14). The molecule has 0 fully saturated rings. The van der Waals surface area contributed by atoms with Crippen molar-refractivity contribution in [2.75, 3.05) is 6.54 Å². The molecule has 1 amide bonds. The zero-order valence-electron chi connectivity index (χ0n) is 8.84. The number of nitrogens with one attached hydrogen (secondary N) is 1. The molecule has 1 atom stereocenters. The number of ether oxygens (including phenoxy) is 1. The van der Waals surface area contributed by atoms with Crippen LogP contribution in [0.2, 0.25) is 0 Å². The summed E-state index contributed by atoms with van der Waals surface area (Å²) in [5, 5.41) is 10.6. The highest BCUT2D eigenvalue weighted by atomic mass is 16.5. The SMILES string of the molecule is CC(Oc1ccccc1)C(=O)NCC(=O)O. The van der Waals surface area contributed by atoms with Gasteiger partial charge in [0, 0.05) is 0 Å². The molecule has 1 aromatic rings. The van der Waals surface area contributed by atoms with Crippen molar-refractivity contribution in [2.24, 2.45) is 0 Å². The zero-order valence-corrected chi connectivity index (χ0v) is 8.84. The van der Waals surface area contributed by atoms with Crippen LogP contribution in [0.3, 0.4) is 0 Å². The molecule has 16 heavy (non-hydrogen) atoms. The molecule has 0 heterocycles. The minimum absolute atomic E-state index is 0.401. The number of para-hydroxylation sites is 1. The van der Waals surface area contributed by atoms with E-state index in [-0.39, 0.29) is 0 Å². The van der Waals surface area contributed by atoms with Gasteiger partial charge in [-0.15, -0.1) is 0 Å². The molecule has 0 aliphatic rings. The Bertz CT molecular complexity index is 364. The second-order valence-electron chi connectivity index (χ2n) is 3.18. The summed E-state index contributed by atoms with van der Waals surface area (Å²) in [6, 6.07) is 8.86. The summed E-state index contributed by atoms with van der Waals surface area (Å²) in [6.07, 6.45) is -0.721. The lowest BCUT2D eigenvalue weighted by molar-refractivity contribution is -0.139. The van der Waals surface area contributed by atoms with Gasteiger partial charge < -0.3 is 15.2 Å². The molecule has 0 radical (unpaired) electrons. The van der Waals surface area contributed by atoms with Gasteiger partial charge in [-0.2, -0.15) is 0 Å². The number of carboxylic acid groups (broad SMARTS) is 1. The average Bonchev–Trinajstić information content (AvgIpc) is 2.27. The fourth-order valence-corrected chi connectivity index (χ4v) is 1.06. The third-order valence-electron chi connectivity index (χ3n) is 1.84. The Labute approximate surface area is 93.0 Å². The minimum atomic E-state index is -1.08. The third kappa shape index (κ3) is 4.00. The smallest absolute Gasteiger partial charge is 0.322 e. The van der Waals surface area contributed by atoms with Crippen molar-refractivity contribution in [3.05, 3.63) is 30.3 Å². The van der Waals surface area contributed by atoms with Crippen molar-refractivity contribution in [1.29, 1.82) is 0 Å². The van der Waals surface area contributed by atoms with Crippen molar-refractivity contribution >= 4 is 11.9 Å². The molecule has 0 spiro atoms. The van der Waals surface area contributed by atoms with Gasteiger partial charge in [0.2, 0.25) is 0 Å². The molecule has 1 aromatic carbocycles. The molecule has 5 nitrogen and oxygen atoms in total. The van der Waals surface area contributed by atoms with Gasteiger partial charge in [0.25, 0.3) is 5.91 Å². The highest BCUT2D eigenvalue weighted by molar-refractivity contribution is 5.84. The first-order chi connectivity index (χ1) is 7.59. The van der Waals surface area contributed by atoms with Gasteiger partial charge in [0.15, 0.2) is 6.10 Å². The lowest BCUT2D eigenvalue weighted by atomic mass is 10.3. The second-order valence-corrected chi connectivity index (χ2v) is 3.18. The maximum Gasteiger partial charge on any atom is 0.322 e. The number of carboxylic acids is 1. The van der Waals surface area contributed by atoms with Crippen LogP contribution in [0.4, 0.5) is 0 Å². The Balaban J connectivity index is 2.43. The molecule has 86 valence electrons. The van der Waals surface area contributed by atoms with Gasteiger partial charge in [-0.3, -0.25) is 9.59 Å². The summed E-state index contributed by atoms with van der Waals surface area (Å²) in [5.74, 6) is -0.966. The number of carbonyl (C=O) groups excluding carboxylic acids is 1. The van der Waals surface area contributed by atoms with E-state index in [1.807, 2.05) is 6.07 Å². The van der Waals surface area contributed by atoms with Crippen LogP contribution < -0.4 is 10.1 Å². The number of aliphatic carboxylic acids is 1. The summed E-state index contributed by atoms with van der Waals surface area (Å²) in [6.45, 7) is 1.16. The Morgan fingerprint density at radius 2 is 2.00 bits per heavy atom. The first-order valence-corrected chi connectivity index (χ1v) is 4.81. The van der Waals surface area contributed by atoms with E-state index in [2.05, 4.69) is 5.32 Å². The van der Waals surface area contributed by atoms with Crippen LogP contribution in [0, 0.1) is 0 Å². The number of rotatable bonds is 5. The van der Waals surface area contributed by atoms with Crippen molar-refractivity contribution in [2.45, 2.75) is 13.0 Å². The van der Waals surface area contributed by atoms with Gasteiger partial charge in [-0.1, -0.05) is 18.2 Å². The number of carbonyl (C=O) groups is 2. The molecule has 0 aliphatic heterocycles. The second kappa shape index (κ2) is 5.75. The van der Waals surface area contributed by atoms with Crippen molar-refractivity contribution in [3.8, 4) is 5.75 Å². The summed E-state index contributed by atoms with van der Waals surface area (Å²) in [5.41, 5.74) is 0. The first-order valence-electron chi connectivity index (χ1n) is 4.81. The molecular weight excluding hydrogens is 210 g/mol. The molecule has 2 N–H and O–H groups in total. The number of amides is 1. The number of hydrogen-bond donors (Lipinski definition) is 2. The molecule has 0 aliphatic carbocycles. The summed E-state index contributed by atoms with van der Waals surface area (Å²) < 4.78 is 5.30. The van der Waals surface area contributed by atoms with E-state index in [1.54, 1.807) is 31.2 Å². The Morgan fingerprint density at radius 3 is 2.56 bits per heavy atom. The first kappa shape index (κ1) is 12.0. The van der Waals surface area contributed by atoms with Crippen molar-refractivity contribution in [3.63, 3.8) is 0 Å². The Morgan fingerprint density at radius 1 is 1.38 bits per heavy atom. The topological polar surface area (TPSA) is 75.6 Å². The summed E-state index contributed by atoms with van der Waals surface area (Å²) in [4.78, 5) is 21.6. The van der Waals surface area contributed by atoms with E-state index < -0.39 is 24.5 Å². The third-order valence-corrected chi connectivity index (χ3v) is 1.84.